The molecular formula is C22H16FN3O5S2. The lowest BCUT2D eigenvalue weighted by Gasteiger charge is -2.12. The van der Waals surface area contributed by atoms with Gasteiger partial charge >= 0.3 is 5.97 Å². The molecule has 0 saturated heterocycles. The molecule has 2 heterocycles. The van der Waals surface area contributed by atoms with Gasteiger partial charge in [-0.05, 0) is 18.2 Å². The quantitative estimate of drug-likeness (QED) is 0.395. The van der Waals surface area contributed by atoms with Gasteiger partial charge in [0.25, 0.3) is 10.0 Å². The number of ether oxygens (including phenoxy) is 1. The van der Waals surface area contributed by atoms with Crippen LogP contribution in [0.3, 0.4) is 0 Å². The minimum Gasteiger partial charge on any atom is -0.495 e. The maximum atomic E-state index is 14.1. The number of carboxylic acid groups (broad SMARTS) is 1. The van der Waals surface area contributed by atoms with Gasteiger partial charge in [0.1, 0.15) is 16.6 Å². The van der Waals surface area contributed by atoms with Gasteiger partial charge in [-0.25, -0.2) is 14.2 Å². The van der Waals surface area contributed by atoms with Crippen LogP contribution in [0.4, 0.5) is 10.1 Å². The molecule has 0 spiro atoms. The number of pyridine rings is 1. The number of nitrogens with one attached hydrogen (secondary N) is 1. The third-order valence-corrected chi connectivity index (χ3v) is 6.90. The van der Waals surface area contributed by atoms with Gasteiger partial charge in [-0.15, -0.1) is 11.3 Å². The van der Waals surface area contributed by atoms with Gasteiger partial charge in [-0.3, -0.25) is 9.71 Å². The van der Waals surface area contributed by atoms with E-state index in [1.165, 1.54) is 12.5 Å². The standard InChI is InChI=1S/C22H16FN3O5S2/c1-31-19-10-15(22(27)28)16(23)11-18(19)26-33(29,30)20-12-32-21(25-20)14-7-5-13(6-8-14)17-4-2-3-9-24-17/h2-12,26H,1H3,(H,27,28). The summed E-state index contributed by atoms with van der Waals surface area (Å²) in [6.45, 7) is 0. The van der Waals surface area contributed by atoms with E-state index in [1.807, 2.05) is 42.5 Å². The van der Waals surface area contributed by atoms with Gasteiger partial charge in [-0.1, -0.05) is 30.3 Å². The fourth-order valence-electron chi connectivity index (χ4n) is 3.00. The van der Waals surface area contributed by atoms with E-state index in [0.717, 1.165) is 40.3 Å². The Morgan fingerprint density at radius 2 is 1.85 bits per heavy atom. The SMILES string of the molecule is COc1cc(C(=O)O)c(F)cc1NS(=O)(=O)c1csc(-c2ccc(-c3ccccn3)cc2)n1. The van der Waals surface area contributed by atoms with Crippen LogP contribution in [0.25, 0.3) is 21.8 Å². The topological polar surface area (TPSA) is 118 Å². The molecule has 0 unspecified atom stereocenters. The van der Waals surface area contributed by atoms with Crippen molar-refractivity contribution < 1.29 is 27.4 Å². The number of aromatic nitrogens is 2. The van der Waals surface area contributed by atoms with E-state index in [1.54, 1.807) is 6.20 Å². The smallest absolute Gasteiger partial charge is 0.338 e. The Bertz CT molecular complexity index is 1420. The lowest BCUT2D eigenvalue weighted by molar-refractivity contribution is 0.0691. The highest BCUT2D eigenvalue weighted by Crippen LogP contribution is 2.32. The molecule has 168 valence electrons. The summed E-state index contributed by atoms with van der Waals surface area (Å²) in [6, 6.07) is 14.6. The second kappa shape index (κ2) is 8.96. The lowest BCUT2D eigenvalue weighted by atomic mass is 10.1. The van der Waals surface area contributed by atoms with Gasteiger partial charge < -0.3 is 9.84 Å². The van der Waals surface area contributed by atoms with Gasteiger partial charge in [0, 0.05) is 28.8 Å². The zero-order valence-corrected chi connectivity index (χ0v) is 18.7. The molecule has 0 aliphatic carbocycles. The molecule has 0 aliphatic rings. The minimum absolute atomic E-state index is 0.141. The molecule has 0 bridgehead atoms. The Hall–Kier alpha value is -3.83. The first-order chi connectivity index (χ1) is 15.8. The van der Waals surface area contributed by atoms with Crippen molar-refractivity contribution in [1.29, 1.82) is 0 Å². The number of carbonyl (C=O) groups is 1. The number of hydrogen-bond donors (Lipinski definition) is 2. The molecule has 33 heavy (non-hydrogen) atoms. The van der Waals surface area contributed by atoms with E-state index >= 15 is 0 Å². The fourth-order valence-corrected chi connectivity index (χ4v) is 5.16. The number of rotatable bonds is 7. The predicted molar refractivity (Wildman–Crippen MR) is 122 cm³/mol. The molecule has 0 fully saturated rings. The van der Waals surface area contributed by atoms with E-state index < -0.39 is 27.4 Å². The highest BCUT2D eigenvalue weighted by Gasteiger charge is 2.23. The zero-order valence-electron chi connectivity index (χ0n) is 17.0. The number of thiazole rings is 1. The maximum absolute atomic E-state index is 14.1. The van der Waals surface area contributed by atoms with Crippen LogP contribution < -0.4 is 9.46 Å². The molecule has 0 radical (unpaired) electrons. The van der Waals surface area contributed by atoms with Gasteiger partial charge in [0.2, 0.25) is 0 Å². The van der Waals surface area contributed by atoms with Crippen LogP contribution in [0.1, 0.15) is 10.4 Å². The van der Waals surface area contributed by atoms with Crippen LogP contribution in [0.2, 0.25) is 0 Å². The monoisotopic (exact) mass is 485 g/mol. The molecule has 0 amide bonds. The largest absolute Gasteiger partial charge is 0.495 e. The van der Waals surface area contributed by atoms with Gasteiger partial charge in [0.05, 0.1) is 24.1 Å². The Morgan fingerprint density at radius 1 is 1.12 bits per heavy atom. The first-order valence-electron chi connectivity index (χ1n) is 9.39. The molecule has 0 atom stereocenters. The summed E-state index contributed by atoms with van der Waals surface area (Å²) in [5.74, 6) is -2.75. The van der Waals surface area contributed by atoms with Crippen LogP contribution in [0.5, 0.6) is 5.75 Å². The summed E-state index contributed by atoms with van der Waals surface area (Å²) in [4.78, 5) is 19.6. The summed E-state index contributed by atoms with van der Waals surface area (Å²) in [6.07, 6.45) is 1.70. The average Bonchev–Trinajstić information content (AvgIpc) is 3.31. The van der Waals surface area contributed by atoms with Crippen molar-refractivity contribution in [1.82, 2.24) is 9.97 Å². The number of benzene rings is 2. The van der Waals surface area contributed by atoms with E-state index in [4.69, 9.17) is 9.84 Å². The Balaban J connectivity index is 1.59. The summed E-state index contributed by atoms with van der Waals surface area (Å²) < 4.78 is 46.9. The molecule has 0 aliphatic heterocycles. The molecule has 11 heteroatoms. The molecular weight excluding hydrogens is 469 g/mol. The van der Waals surface area contributed by atoms with Crippen LogP contribution in [-0.2, 0) is 10.0 Å². The highest BCUT2D eigenvalue weighted by molar-refractivity contribution is 7.92. The van der Waals surface area contributed by atoms with Crippen molar-refractivity contribution in [2.45, 2.75) is 5.03 Å². The number of halogens is 1. The average molecular weight is 486 g/mol. The summed E-state index contributed by atoms with van der Waals surface area (Å²) >= 11 is 1.13. The van der Waals surface area contributed by atoms with Crippen molar-refractivity contribution in [2.75, 3.05) is 11.8 Å². The second-order valence-electron chi connectivity index (χ2n) is 6.73. The van der Waals surface area contributed by atoms with Crippen molar-refractivity contribution >= 4 is 33.0 Å². The lowest BCUT2D eigenvalue weighted by Crippen LogP contribution is -2.15. The molecule has 8 nitrogen and oxygen atoms in total. The van der Waals surface area contributed by atoms with E-state index in [2.05, 4.69) is 14.7 Å². The normalized spacial score (nSPS) is 11.2. The van der Waals surface area contributed by atoms with Crippen LogP contribution in [-0.4, -0.2) is 36.6 Å². The van der Waals surface area contributed by atoms with Crippen molar-refractivity contribution in [3.63, 3.8) is 0 Å². The molecule has 2 aromatic heterocycles. The van der Waals surface area contributed by atoms with Crippen molar-refractivity contribution in [3.05, 3.63) is 77.6 Å². The summed E-state index contributed by atoms with van der Waals surface area (Å²) in [5.41, 5.74) is 1.56. The van der Waals surface area contributed by atoms with E-state index in [-0.39, 0.29) is 16.5 Å². The van der Waals surface area contributed by atoms with Crippen LogP contribution >= 0.6 is 11.3 Å². The maximum Gasteiger partial charge on any atom is 0.338 e. The first kappa shape index (κ1) is 22.4. The molecule has 2 aromatic carbocycles. The Kier molecular flexibility index (Phi) is 6.07. The van der Waals surface area contributed by atoms with Crippen LogP contribution in [0, 0.1) is 5.82 Å². The molecule has 4 aromatic rings. The number of carboxylic acids is 1. The van der Waals surface area contributed by atoms with Crippen LogP contribution in [0.15, 0.2) is 71.2 Å². The van der Waals surface area contributed by atoms with Gasteiger partial charge in [0.15, 0.2) is 5.03 Å². The number of anilines is 1. The van der Waals surface area contributed by atoms with Crippen molar-refractivity contribution in [2.24, 2.45) is 0 Å². The Morgan fingerprint density at radius 3 is 2.48 bits per heavy atom. The number of nitrogens with zero attached hydrogens (tertiary/aromatic N) is 2. The predicted octanol–water partition coefficient (Wildman–Crippen LogP) is 4.52. The molecule has 0 saturated carbocycles. The highest BCUT2D eigenvalue weighted by atomic mass is 32.2. The zero-order chi connectivity index (χ0) is 23.6. The number of sulfonamides is 1. The number of hydrogen-bond acceptors (Lipinski definition) is 7. The third kappa shape index (κ3) is 4.69. The first-order valence-corrected chi connectivity index (χ1v) is 11.8. The number of methoxy groups -OCH3 is 1. The third-order valence-electron chi connectivity index (χ3n) is 4.61. The fraction of sp³-hybridized carbons (Fsp3) is 0.0455. The molecule has 4 rings (SSSR count). The van der Waals surface area contributed by atoms with E-state index in [9.17, 15) is 17.6 Å². The minimum atomic E-state index is -4.19. The van der Waals surface area contributed by atoms with Crippen molar-refractivity contribution in [3.8, 4) is 27.6 Å². The number of aromatic carboxylic acids is 1. The Labute approximate surface area is 192 Å². The van der Waals surface area contributed by atoms with E-state index in [0.29, 0.717) is 5.01 Å². The summed E-state index contributed by atoms with van der Waals surface area (Å²) in [7, 11) is -2.97. The summed E-state index contributed by atoms with van der Waals surface area (Å²) in [5, 5.41) is 10.6. The molecule has 2 N–H and O–H groups in total. The van der Waals surface area contributed by atoms with Gasteiger partial charge in [-0.2, -0.15) is 8.42 Å². The second-order valence-corrected chi connectivity index (χ2v) is 9.21.